The smallest absolute Gasteiger partial charge is 0.234 e. The average Bonchev–Trinajstić information content (AvgIpc) is 2.86. The van der Waals surface area contributed by atoms with Crippen LogP contribution in [0, 0.1) is 19.8 Å². The van der Waals surface area contributed by atoms with E-state index < -0.39 is 0 Å². The van der Waals surface area contributed by atoms with Gasteiger partial charge in [-0.1, -0.05) is 6.07 Å². The molecular weight excluding hydrogens is 376 g/mol. The lowest BCUT2D eigenvalue weighted by molar-refractivity contribution is -0.125. The molecule has 2 aliphatic heterocycles. The minimum Gasteiger partial charge on any atom is -0.496 e. The molecule has 2 heterocycles. The highest BCUT2D eigenvalue weighted by Gasteiger charge is 2.41. The Morgan fingerprint density at radius 2 is 1.87 bits per heavy atom. The van der Waals surface area contributed by atoms with E-state index in [0.29, 0.717) is 30.4 Å². The summed E-state index contributed by atoms with van der Waals surface area (Å²) in [6, 6.07) is 4.96. The molecule has 1 amide bonds. The second-order valence-corrected chi connectivity index (χ2v) is 10.1. The highest BCUT2D eigenvalue weighted by Crippen LogP contribution is 2.40. The molecule has 0 radical (unpaired) electrons. The highest BCUT2D eigenvalue weighted by molar-refractivity contribution is 5.84. The summed E-state index contributed by atoms with van der Waals surface area (Å²) in [7, 11) is 1.68. The minimum atomic E-state index is -0.185. The third-order valence-corrected chi connectivity index (χ3v) is 6.38. The standard InChI is InChI=1S/C24H38N4O2/c1-15-7-10-20(30-6)16(2)23(15)26-21(25)13-17-11-18-8-9-19(12-17)28(18)14-22(29)27-24(3,4)5/h7,10,17-19H,8-9,11-14H2,1-6H3,(H2,25,26)(H,27,29). The van der Waals surface area contributed by atoms with Crippen molar-refractivity contribution in [1.82, 2.24) is 10.2 Å². The van der Waals surface area contributed by atoms with Crippen LogP contribution in [0.4, 0.5) is 5.69 Å². The van der Waals surface area contributed by atoms with Gasteiger partial charge in [-0.15, -0.1) is 0 Å². The maximum Gasteiger partial charge on any atom is 0.234 e. The molecule has 2 unspecified atom stereocenters. The van der Waals surface area contributed by atoms with E-state index >= 15 is 0 Å². The molecule has 0 aromatic heterocycles. The molecular formula is C24H38N4O2. The molecule has 0 spiro atoms. The van der Waals surface area contributed by atoms with E-state index in [2.05, 4.69) is 17.1 Å². The number of hydrogen-bond acceptors (Lipinski definition) is 4. The number of hydrogen-bond donors (Lipinski definition) is 2. The third kappa shape index (κ3) is 5.34. The number of carbonyl (C=O) groups excluding carboxylic acids is 1. The van der Waals surface area contributed by atoms with Crippen LogP contribution in [-0.2, 0) is 4.79 Å². The minimum absolute atomic E-state index is 0.128. The number of carbonyl (C=O) groups is 1. The lowest BCUT2D eigenvalue weighted by Crippen LogP contribution is -2.51. The first-order chi connectivity index (χ1) is 14.1. The maximum absolute atomic E-state index is 12.4. The Hall–Kier alpha value is -2.08. The lowest BCUT2D eigenvalue weighted by Gasteiger charge is -2.39. The van der Waals surface area contributed by atoms with E-state index in [-0.39, 0.29) is 11.4 Å². The molecule has 2 atom stereocenters. The Bertz CT molecular complexity index is 798. The highest BCUT2D eigenvalue weighted by atomic mass is 16.5. The van der Waals surface area contributed by atoms with Crippen molar-refractivity contribution in [2.24, 2.45) is 16.6 Å². The molecule has 0 saturated carbocycles. The number of nitrogens with zero attached hydrogens (tertiary/aromatic N) is 2. The number of amides is 1. The molecule has 0 aliphatic carbocycles. The Kier molecular flexibility index (Phi) is 6.75. The summed E-state index contributed by atoms with van der Waals surface area (Å²) in [5.74, 6) is 2.19. The van der Waals surface area contributed by atoms with E-state index in [1.54, 1.807) is 7.11 Å². The zero-order chi connectivity index (χ0) is 22.1. The van der Waals surface area contributed by atoms with Gasteiger partial charge < -0.3 is 15.8 Å². The SMILES string of the molecule is COc1ccc(C)c(/N=C(\N)CC2CC3CCC(C2)N3CC(=O)NC(C)(C)C)c1C. The average molecular weight is 415 g/mol. The number of nitrogens with one attached hydrogen (secondary N) is 1. The Balaban J connectivity index is 1.63. The summed E-state index contributed by atoms with van der Waals surface area (Å²) in [4.78, 5) is 19.6. The summed E-state index contributed by atoms with van der Waals surface area (Å²) in [5.41, 5.74) is 9.27. The van der Waals surface area contributed by atoms with Crippen molar-refractivity contribution < 1.29 is 9.53 Å². The quantitative estimate of drug-likeness (QED) is 0.547. The molecule has 2 fully saturated rings. The number of piperidine rings is 1. The van der Waals surface area contributed by atoms with E-state index in [1.165, 1.54) is 12.8 Å². The van der Waals surface area contributed by atoms with E-state index in [9.17, 15) is 4.79 Å². The fourth-order valence-corrected chi connectivity index (χ4v) is 5.13. The summed E-state index contributed by atoms with van der Waals surface area (Å²) in [6.07, 6.45) is 5.34. The topological polar surface area (TPSA) is 80.0 Å². The van der Waals surface area contributed by atoms with Crippen molar-refractivity contribution in [2.45, 2.75) is 84.3 Å². The first kappa shape index (κ1) is 22.6. The van der Waals surface area contributed by atoms with Gasteiger partial charge in [0.2, 0.25) is 5.91 Å². The number of amidine groups is 1. The normalized spacial score (nSPS) is 24.7. The first-order valence-corrected chi connectivity index (χ1v) is 11.1. The summed E-state index contributed by atoms with van der Waals surface area (Å²) in [5, 5.41) is 3.10. The van der Waals surface area contributed by atoms with Crippen molar-refractivity contribution in [3.05, 3.63) is 23.3 Å². The number of fused-ring (bicyclic) bond motifs is 2. The van der Waals surface area contributed by atoms with Crippen LogP contribution in [0.1, 0.15) is 64.0 Å². The van der Waals surface area contributed by atoms with E-state index in [1.807, 2.05) is 39.8 Å². The van der Waals surface area contributed by atoms with Crippen LogP contribution in [0.15, 0.2) is 17.1 Å². The zero-order valence-corrected chi connectivity index (χ0v) is 19.4. The van der Waals surface area contributed by atoms with Crippen LogP contribution in [0.5, 0.6) is 5.75 Å². The maximum atomic E-state index is 12.4. The Morgan fingerprint density at radius 3 is 2.43 bits per heavy atom. The summed E-state index contributed by atoms with van der Waals surface area (Å²) in [6.45, 7) is 10.7. The van der Waals surface area contributed by atoms with Crippen molar-refractivity contribution in [3.63, 3.8) is 0 Å². The molecule has 2 saturated heterocycles. The second kappa shape index (κ2) is 8.96. The van der Waals surface area contributed by atoms with Gasteiger partial charge in [0.15, 0.2) is 0 Å². The number of aliphatic imine (C=N–C) groups is 1. The summed E-state index contributed by atoms with van der Waals surface area (Å²) >= 11 is 0. The molecule has 6 nitrogen and oxygen atoms in total. The van der Waals surface area contributed by atoms with E-state index in [4.69, 9.17) is 15.5 Å². The van der Waals surface area contributed by atoms with Gasteiger partial charge in [0, 0.05) is 29.6 Å². The van der Waals surface area contributed by atoms with Crippen LogP contribution < -0.4 is 15.8 Å². The number of nitrogens with two attached hydrogens (primary N) is 1. The number of aryl methyl sites for hydroxylation is 1. The predicted octanol–water partition coefficient (Wildman–Crippen LogP) is 3.85. The van der Waals surface area contributed by atoms with Gasteiger partial charge in [-0.05, 0) is 77.8 Å². The van der Waals surface area contributed by atoms with Crippen molar-refractivity contribution in [2.75, 3.05) is 13.7 Å². The fourth-order valence-electron chi connectivity index (χ4n) is 5.13. The first-order valence-electron chi connectivity index (χ1n) is 11.1. The van der Waals surface area contributed by atoms with Crippen LogP contribution in [0.25, 0.3) is 0 Å². The van der Waals surface area contributed by atoms with Crippen molar-refractivity contribution in [3.8, 4) is 5.75 Å². The third-order valence-electron chi connectivity index (χ3n) is 6.38. The largest absolute Gasteiger partial charge is 0.496 e. The zero-order valence-electron chi connectivity index (χ0n) is 19.4. The van der Waals surface area contributed by atoms with Crippen LogP contribution in [-0.4, -0.2) is 47.9 Å². The number of methoxy groups -OCH3 is 1. The fraction of sp³-hybridized carbons (Fsp3) is 0.667. The lowest BCUT2D eigenvalue weighted by atomic mass is 9.87. The Labute approximate surface area is 181 Å². The number of rotatable bonds is 6. The molecule has 1 aromatic carbocycles. The molecule has 2 bridgehead atoms. The van der Waals surface area contributed by atoms with Gasteiger partial charge >= 0.3 is 0 Å². The monoisotopic (exact) mass is 414 g/mol. The molecule has 3 rings (SSSR count). The molecule has 166 valence electrons. The molecule has 2 aliphatic rings. The van der Waals surface area contributed by atoms with Crippen molar-refractivity contribution >= 4 is 17.4 Å². The van der Waals surface area contributed by atoms with Gasteiger partial charge in [-0.25, -0.2) is 4.99 Å². The van der Waals surface area contributed by atoms with E-state index in [0.717, 1.165) is 41.8 Å². The number of ether oxygens (including phenoxy) is 1. The molecule has 3 N–H and O–H groups in total. The second-order valence-electron chi connectivity index (χ2n) is 10.1. The van der Waals surface area contributed by atoms with Gasteiger partial charge in [0.05, 0.1) is 25.2 Å². The summed E-state index contributed by atoms with van der Waals surface area (Å²) < 4.78 is 5.43. The molecule has 30 heavy (non-hydrogen) atoms. The van der Waals surface area contributed by atoms with Gasteiger partial charge in [-0.2, -0.15) is 0 Å². The number of benzene rings is 1. The molecule has 6 heteroatoms. The predicted molar refractivity (Wildman–Crippen MR) is 123 cm³/mol. The van der Waals surface area contributed by atoms with Crippen molar-refractivity contribution in [1.29, 1.82) is 0 Å². The van der Waals surface area contributed by atoms with Gasteiger partial charge in [0.1, 0.15) is 5.75 Å². The van der Waals surface area contributed by atoms with Gasteiger partial charge in [0.25, 0.3) is 0 Å². The van der Waals surface area contributed by atoms with Crippen LogP contribution in [0.3, 0.4) is 0 Å². The molecule has 1 aromatic rings. The Morgan fingerprint density at radius 1 is 1.23 bits per heavy atom. The van der Waals surface area contributed by atoms with Gasteiger partial charge in [-0.3, -0.25) is 9.69 Å². The van der Waals surface area contributed by atoms with Crippen LogP contribution >= 0.6 is 0 Å². The van der Waals surface area contributed by atoms with Crippen LogP contribution in [0.2, 0.25) is 0 Å².